The molecule has 0 aliphatic heterocycles. The van der Waals surface area contributed by atoms with Crippen LogP contribution in [0, 0.1) is 5.41 Å². The highest BCUT2D eigenvalue weighted by atomic mass is 16.5. The van der Waals surface area contributed by atoms with Crippen LogP contribution in [-0.4, -0.2) is 19.3 Å². The van der Waals surface area contributed by atoms with Gasteiger partial charge in [-0.15, -0.1) is 0 Å². The SMILES string of the molecule is CCC(OC)C(N)CCC(C)(C)C. The Labute approximate surface area is 82.8 Å². The molecular formula is C11H25NO. The molecular weight excluding hydrogens is 162 g/mol. The Hall–Kier alpha value is -0.0800. The average molecular weight is 187 g/mol. The normalized spacial score (nSPS) is 17.1. The maximum absolute atomic E-state index is 6.02. The van der Waals surface area contributed by atoms with Crippen molar-refractivity contribution in [3.63, 3.8) is 0 Å². The molecule has 0 aliphatic carbocycles. The molecule has 0 radical (unpaired) electrons. The molecule has 0 aliphatic rings. The Morgan fingerprint density at radius 2 is 1.85 bits per heavy atom. The van der Waals surface area contributed by atoms with E-state index in [9.17, 15) is 0 Å². The Morgan fingerprint density at radius 1 is 1.31 bits per heavy atom. The average Bonchev–Trinajstić information content (AvgIpc) is 2.02. The zero-order valence-electron chi connectivity index (χ0n) is 9.76. The molecule has 0 amide bonds. The summed E-state index contributed by atoms with van der Waals surface area (Å²) >= 11 is 0. The van der Waals surface area contributed by atoms with Crippen molar-refractivity contribution < 1.29 is 4.74 Å². The molecule has 2 N–H and O–H groups in total. The number of methoxy groups -OCH3 is 1. The predicted octanol–water partition coefficient (Wildman–Crippen LogP) is 2.57. The van der Waals surface area contributed by atoms with Crippen LogP contribution in [0.25, 0.3) is 0 Å². The van der Waals surface area contributed by atoms with E-state index >= 15 is 0 Å². The van der Waals surface area contributed by atoms with Crippen molar-refractivity contribution in [2.45, 2.75) is 59.1 Å². The first-order valence-corrected chi connectivity index (χ1v) is 5.19. The highest BCUT2D eigenvalue weighted by molar-refractivity contribution is 4.74. The van der Waals surface area contributed by atoms with Crippen molar-refractivity contribution in [2.75, 3.05) is 7.11 Å². The Kier molecular flexibility index (Phi) is 5.57. The van der Waals surface area contributed by atoms with Gasteiger partial charge in [-0.1, -0.05) is 27.7 Å². The lowest BCUT2D eigenvalue weighted by Gasteiger charge is -2.25. The minimum absolute atomic E-state index is 0.189. The van der Waals surface area contributed by atoms with E-state index < -0.39 is 0 Å². The van der Waals surface area contributed by atoms with Gasteiger partial charge in [0.2, 0.25) is 0 Å². The van der Waals surface area contributed by atoms with E-state index in [0.29, 0.717) is 5.41 Å². The summed E-state index contributed by atoms with van der Waals surface area (Å²) in [6.07, 6.45) is 3.44. The molecule has 0 saturated heterocycles. The summed E-state index contributed by atoms with van der Waals surface area (Å²) in [5, 5.41) is 0. The second-order valence-corrected chi connectivity index (χ2v) is 4.95. The molecule has 0 fully saturated rings. The second kappa shape index (κ2) is 5.61. The number of hydrogen-bond acceptors (Lipinski definition) is 2. The number of rotatable bonds is 5. The van der Waals surface area contributed by atoms with E-state index in [2.05, 4.69) is 27.7 Å². The summed E-state index contributed by atoms with van der Waals surface area (Å²) in [7, 11) is 1.74. The molecule has 0 aromatic rings. The van der Waals surface area contributed by atoms with E-state index in [4.69, 9.17) is 10.5 Å². The van der Waals surface area contributed by atoms with Gasteiger partial charge in [0.1, 0.15) is 0 Å². The topological polar surface area (TPSA) is 35.2 Å². The molecule has 0 bridgehead atoms. The lowest BCUT2D eigenvalue weighted by molar-refractivity contribution is 0.0712. The maximum Gasteiger partial charge on any atom is 0.0719 e. The highest BCUT2D eigenvalue weighted by Crippen LogP contribution is 2.22. The van der Waals surface area contributed by atoms with Crippen LogP contribution in [0.1, 0.15) is 47.0 Å². The molecule has 13 heavy (non-hydrogen) atoms. The monoisotopic (exact) mass is 187 g/mol. The molecule has 0 heterocycles. The summed E-state index contributed by atoms with van der Waals surface area (Å²) in [6, 6.07) is 0.189. The van der Waals surface area contributed by atoms with Gasteiger partial charge in [-0.2, -0.15) is 0 Å². The van der Waals surface area contributed by atoms with Gasteiger partial charge < -0.3 is 10.5 Å². The van der Waals surface area contributed by atoms with Gasteiger partial charge in [0.25, 0.3) is 0 Å². The lowest BCUT2D eigenvalue weighted by atomic mass is 9.87. The maximum atomic E-state index is 6.02. The smallest absolute Gasteiger partial charge is 0.0719 e. The van der Waals surface area contributed by atoms with E-state index in [1.807, 2.05) is 0 Å². The number of nitrogens with two attached hydrogens (primary N) is 1. The Morgan fingerprint density at radius 3 is 2.15 bits per heavy atom. The van der Waals surface area contributed by atoms with Crippen LogP contribution in [0.3, 0.4) is 0 Å². The zero-order valence-corrected chi connectivity index (χ0v) is 9.76. The van der Waals surface area contributed by atoms with Crippen molar-refractivity contribution >= 4 is 0 Å². The first-order valence-electron chi connectivity index (χ1n) is 5.19. The number of hydrogen-bond donors (Lipinski definition) is 1. The molecule has 0 aromatic carbocycles. The molecule has 0 saturated carbocycles. The van der Waals surface area contributed by atoms with Crippen molar-refractivity contribution in [1.29, 1.82) is 0 Å². The fourth-order valence-corrected chi connectivity index (χ4v) is 1.43. The van der Waals surface area contributed by atoms with Gasteiger partial charge in [-0.05, 0) is 24.7 Å². The lowest BCUT2D eigenvalue weighted by Crippen LogP contribution is -2.36. The number of ether oxygens (including phenoxy) is 1. The minimum Gasteiger partial charge on any atom is -0.380 e. The van der Waals surface area contributed by atoms with Crippen molar-refractivity contribution in [2.24, 2.45) is 11.1 Å². The van der Waals surface area contributed by atoms with Gasteiger partial charge in [-0.3, -0.25) is 0 Å². The van der Waals surface area contributed by atoms with Crippen LogP contribution in [-0.2, 0) is 4.74 Å². The molecule has 0 aromatic heterocycles. The van der Waals surface area contributed by atoms with Gasteiger partial charge in [0.15, 0.2) is 0 Å². The van der Waals surface area contributed by atoms with Crippen molar-refractivity contribution in [3.8, 4) is 0 Å². The van der Waals surface area contributed by atoms with Gasteiger partial charge in [0, 0.05) is 13.2 Å². The van der Waals surface area contributed by atoms with Crippen LogP contribution in [0.4, 0.5) is 0 Å². The van der Waals surface area contributed by atoms with Crippen molar-refractivity contribution in [1.82, 2.24) is 0 Å². The summed E-state index contributed by atoms with van der Waals surface area (Å²) < 4.78 is 5.30. The fourth-order valence-electron chi connectivity index (χ4n) is 1.43. The Bertz CT molecular complexity index is 125. The van der Waals surface area contributed by atoms with E-state index in [-0.39, 0.29) is 12.1 Å². The molecule has 0 spiro atoms. The summed E-state index contributed by atoms with van der Waals surface area (Å²) in [4.78, 5) is 0. The van der Waals surface area contributed by atoms with Crippen LogP contribution in [0.2, 0.25) is 0 Å². The van der Waals surface area contributed by atoms with Crippen LogP contribution >= 0.6 is 0 Å². The Balaban J connectivity index is 3.78. The van der Waals surface area contributed by atoms with Crippen LogP contribution in [0.15, 0.2) is 0 Å². The molecule has 0 rings (SSSR count). The van der Waals surface area contributed by atoms with E-state index in [0.717, 1.165) is 19.3 Å². The predicted molar refractivity (Wildman–Crippen MR) is 57.8 cm³/mol. The highest BCUT2D eigenvalue weighted by Gasteiger charge is 2.18. The quantitative estimate of drug-likeness (QED) is 0.718. The fraction of sp³-hybridized carbons (Fsp3) is 1.00. The summed E-state index contributed by atoms with van der Waals surface area (Å²) in [6.45, 7) is 8.85. The van der Waals surface area contributed by atoms with E-state index in [1.165, 1.54) is 0 Å². The first kappa shape index (κ1) is 12.9. The molecule has 2 unspecified atom stereocenters. The third-order valence-electron chi connectivity index (χ3n) is 2.41. The summed E-state index contributed by atoms with van der Waals surface area (Å²) in [5.74, 6) is 0. The second-order valence-electron chi connectivity index (χ2n) is 4.95. The zero-order chi connectivity index (χ0) is 10.5. The third-order valence-corrected chi connectivity index (χ3v) is 2.41. The third kappa shape index (κ3) is 6.05. The van der Waals surface area contributed by atoms with Crippen molar-refractivity contribution in [3.05, 3.63) is 0 Å². The van der Waals surface area contributed by atoms with Gasteiger partial charge in [0.05, 0.1) is 6.10 Å². The van der Waals surface area contributed by atoms with E-state index in [1.54, 1.807) is 7.11 Å². The minimum atomic E-state index is 0.189. The van der Waals surface area contributed by atoms with Crippen LogP contribution < -0.4 is 5.73 Å². The molecule has 80 valence electrons. The molecule has 2 atom stereocenters. The first-order chi connectivity index (χ1) is 5.90. The van der Waals surface area contributed by atoms with Gasteiger partial charge >= 0.3 is 0 Å². The largest absolute Gasteiger partial charge is 0.380 e. The van der Waals surface area contributed by atoms with Gasteiger partial charge in [-0.25, -0.2) is 0 Å². The molecule has 2 heteroatoms. The summed E-state index contributed by atoms with van der Waals surface area (Å²) in [5.41, 5.74) is 6.40. The van der Waals surface area contributed by atoms with Crippen LogP contribution in [0.5, 0.6) is 0 Å². The molecule has 2 nitrogen and oxygen atoms in total. The standard InChI is InChI=1S/C11H25NO/c1-6-10(13-5)9(12)7-8-11(2,3)4/h9-10H,6-8,12H2,1-5H3.